The molecule has 0 saturated heterocycles. The highest BCUT2D eigenvalue weighted by Gasteiger charge is 2.07. The van der Waals surface area contributed by atoms with Gasteiger partial charge in [-0.15, -0.1) is 0 Å². The summed E-state index contributed by atoms with van der Waals surface area (Å²) >= 11 is 0. The molecule has 4 heteroatoms. The van der Waals surface area contributed by atoms with Crippen molar-refractivity contribution in [1.82, 2.24) is 4.57 Å². The molecule has 1 N–H and O–H groups in total. The summed E-state index contributed by atoms with van der Waals surface area (Å²) in [7, 11) is 0. The average Bonchev–Trinajstić information content (AvgIpc) is 2.95. The Morgan fingerprint density at radius 1 is 0.909 bits per heavy atom. The van der Waals surface area contributed by atoms with Gasteiger partial charge in [0, 0.05) is 12.3 Å². The molecule has 0 spiro atoms. The minimum Gasteiger partial charge on any atom is -0.449 e. The molecule has 0 unspecified atom stereocenters. The summed E-state index contributed by atoms with van der Waals surface area (Å²) in [5.74, 6) is 0.319. The van der Waals surface area contributed by atoms with Crippen LogP contribution in [0.15, 0.2) is 72.9 Å². The molecule has 0 radical (unpaired) electrons. The van der Waals surface area contributed by atoms with E-state index in [-0.39, 0.29) is 0 Å². The van der Waals surface area contributed by atoms with E-state index in [9.17, 15) is 4.79 Å². The lowest BCUT2D eigenvalue weighted by atomic mass is 10.0. The van der Waals surface area contributed by atoms with Crippen LogP contribution >= 0.6 is 0 Å². The van der Waals surface area contributed by atoms with Crippen LogP contribution in [0.3, 0.4) is 0 Å². The van der Waals surface area contributed by atoms with Crippen LogP contribution in [0.5, 0.6) is 5.88 Å². The zero-order valence-corrected chi connectivity index (χ0v) is 11.8. The van der Waals surface area contributed by atoms with Crippen molar-refractivity contribution in [3.63, 3.8) is 0 Å². The minimum atomic E-state index is -1.31. The first-order valence-electron chi connectivity index (χ1n) is 6.92. The third-order valence-corrected chi connectivity index (χ3v) is 3.39. The van der Waals surface area contributed by atoms with Crippen molar-refractivity contribution in [1.29, 1.82) is 0 Å². The zero-order valence-electron chi connectivity index (χ0n) is 11.8. The Kier molecular flexibility index (Phi) is 3.92. The van der Waals surface area contributed by atoms with E-state index in [0.29, 0.717) is 12.4 Å². The van der Waals surface area contributed by atoms with Crippen LogP contribution in [0.4, 0.5) is 4.79 Å². The second kappa shape index (κ2) is 6.18. The van der Waals surface area contributed by atoms with Gasteiger partial charge in [0.25, 0.3) is 0 Å². The lowest BCUT2D eigenvalue weighted by Gasteiger charge is -2.09. The highest BCUT2D eigenvalue weighted by molar-refractivity contribution is 5.63. The first kappa shape index (κ1) is 13.9. The van der Waals surface area contributed by atoms with Crippen LogP contribution in [-0.4, -0.2) is 15.8 Å². The number of nitrogens with zero attached hydrogens (tertiary/aromatic N) is 1. The molecule has 110 valence electrons. The van der Waals surface area contributed by atoms with Crippen molar-refractivity contribution >= 4 is 6.16 Å². The maximum Gasteiger partial charge on any atom is 0.512 e. The molecule has 1 aromatic heterocycles. The van der Waals surface area contributed by atoms with Gasteiger partial charge < -0.3 is 14.4 Å². The number of hydrogen-bond acceptors (Lipinski definition) is 2. The van der Waals surface area contributed by atoms with Gasteiger partial charge in [0.1, 0.15) is 0 Å². The topological polar surface area (TPSA) is 51.5 Å². The Morgan fingerprint density at radius 3 is 2.27 bits per heavy atom. The van der Waals surface area contributed by atoms with Crippen molar-refractivity contribution in [2.24, 2.45) is 0 Å². The maximum absolute atomic E-state index is 10.6. The summed E-state index contributed by atoms with van der Waals surface area (Å²) in [4.78, 5) is 10.6. The van der Waals surface area contributed by atoms with E-state index in [4.69, 9.17) is 9.84 Å². The quantitative estimate of drug-likeness (QED) is 0.731. The predicted molar refractivity (Wildman–Crippen MR) is 84.1 cm³/mol. The van der Waals surface area contributed by atoms with Gasteiger partial charge >= 0.3 is 6.16 Å². The van der Waals surface area contributed by atoms with Gasteiger partial charge in [-0.05, 0) is 22.8 Å². The van der Waals surface area contributed by atoms with Crippen LogP contribution in [0.1, 0.15) is 5.56 Å². The smallest absolute Gasteiger partial charge is 0.449 e. The monoisotopic (exact) mass is 293 g/mol. The van der Waals surface area contributed by atoms with E-state index in [2.05, 4.69) is 24.3 Å². The average molecular weight is 293 g/mol. The van der Waals surface area contributed by atoms with Crippen molar-refractivity contribution < 1.29 is 14.6 Å². The van der Waals surface area contributed by atoms with Crippen molar-refractivity contribution in [2.75, 3.05) is 0 Å². The molecule has 3 rings (SSSR count). The van der Waals surface area contributed by atoms with E-state index < -0.39 is 6.16 Å². The fourth-order valence-electron chi connectivity index (χ4n) is 2.34. The lowest BCUT2D eigenvalue weighted by Crippen LogP contribution is -2.08. The van der Waals surface area contributed by atoms with E-state index in [1.165, 1.54) is 5.56 Å². The lowest BCUT2D eigenvalue weighted by molar-refractivity contribution is 0.141. The summed E-state index contributed by atoms with van der Waals surface area (Å²) in [5.41, 5.74) is 3.40. The molecule has 4 nitrogen and oxygen atoms in total. The second-order valence-corrected chi connectivity index (χ2v) is 4.91. The van der Waals surface area contributed by atoms with Crippen molar-refractivity contribution in [3.8, 4) is 17.0 Å². The summed E-state index contributed by atoms with van der Waals surface area (Å²) in [5, 5.41) is 8.70. The molecule has 0 amide bonds. The van der Waals surface area contributed by atoms with Gasteiger partial charge in [-0.2, -0.15) is 0 Å². The third-order valence-electron chi connectivity index (χ3n) is 3.39. The van der Waals surface area contributed by atoms with Crippen molar-refractivity contribution in [3.05, 3.63) is 78.5 Å². The molecule has 3 aromatic rings. The van der Waals surface area contributed by atoms with Crippen LogP contribution in [-0.2, 0) is 6.54 Å². The highest BCUT2D eigenvalue weighted by atomic mass is 16.7. The Morgan fingerprint density at radius 2 is 1.59 bits per heavy atom. The van der Waals surface area contributed by atoms with Gasteiger partial charge in [-0.1, -0.05) is 54.6 Å². The highest BCUT2D eigenvalue weighted by Crippen LogP contribution is 2.21. The molecule has 0 aliphatic rings. The standard InChI is InChI=1S/C18H15NO3/c20-18(21)22-17-7-4-12-19(17)13-14-8-10-16(11-9-14)15-5-2-1-3-6-15/h1-12H,13H2,(H,20,21). The number of benzene rings is 2. The van der Waals surface area contributed by atoms with E-state index in [1.807, 2.05) is 30.3 Å². The molecule has 0 atom stereocenters. The molecule has 0 aliphatic carbocycles. The van der Waals surface area contributed by atoms with E-state index in [1.54, 1.807) is 22.9 Å². The molecule has 0 saturated carbocycles. The molecule has 22 heavy (non-hydrogen) atoms. The Hall–Kier alpha value is -3.01. The molecule has 0 fully saturated rings. The number of ether oxygens (including phenoxy) is 1. The first-order chi connectivity index (χ1) is 10.7. The van der Waals surface area contributed by atoms with Gasteiger partial charge in [0.2, 0.25) is 5.88 Å². The Bertz CT molecular complexity index is 761. The number of rotatable bonds is 4. The first-order valence-corrected chi connectivity index (χ1v) is 6.92. The van der Waals surface area contributed by atoms with Crippen LogP contribution in [0.2, 0.25) is 0 Å². The van der Waals surface area contributed by atoms with Gasteiger partial charge in [0.05, 0.1) is 6.54 Å². The van der Waals surface area contributed by atoms with Crippen molar-refractivity contribution in [2.45, 2.75) is 6.54 Å². The van der Waals surface area contributed by atoms with Crippen LogP contribution < -0.4 is 4.74 Å². The molecular weight excluding hydrogens is 278 g/mol. The summed E-state index contributed by atoms with van der Waals surface area (Å²) < 4.78 is 6.49. The van der Waals surface area contributed by atoms with Gasteiger partial charge in [-0.3, -0.25) is 0 Å². The summed E-state index contributed by atoms with van der Waals surface area (Å²) in [6.45, 7) is 0.560. The van der Waals surface area contributed by atoms with E-state index in [0.717, 1.165) is 11.1 Å². The fourth-order valence-corrected chi connectivity index (χ4v) is 2.34. The largest absolute Gasteiger partial charge is 0.512 e. The molecular formula is C18H15NO3. The normalized spacial score (nSPS) is 10.4. The molecule has 0 bridgehead atoms. The summed E-state index contributed by atoms with van der Waals surface area (Å²) in [6.07, 6.45) is 0.489. The van der Waals surface area contributed by atoms with E-state index >= 15 is 0 Å². The maximum atomic E-state index is 10.6. The number of carbonyl (C=O) groups is 1. The zero-order chi connectivity index (χ0) is 15.4. The van der Waals surface area contributed by atoms with Gasteiger partial charge in [-0.25, -0.2) is 4.79 Å². The molecule has 0 aliphatic heterocycles. The van der Waals surface area contributed by atoms with Crippen LogP contribution in [0.25, 0.3) is 11.1 Å². The third kappa shape index (κ3) is 3.17. The number of hydrogen-bond donors (Lipinski definition) is 1. The molecule has 2 aromatic carbocycles. The predicted octanol–water partition coefficient (Wildman–Crippen LogP) is 4.26. The summed E-state index contributed by atoms with van der Waals surface area (Å²) in [6, 6.07) is 21.7. The SMILES string of the molecule is O=C(O)Oc1cccn1Cc1ccc(-c2ccccc2)cc1. The minimum absolute atomic E-state index is 0.319. The Labute approximate surface area is 128 Å². The fraction of sp³-hybridized carbons (Fsp3) is 0.0556. The van der Waals surface area contributed by atoms with Crippen LogP contribution in [0, 0.1) is 0 Å². The Balaban J connectivity index is 1.77. The second-order valence-electron chi connectivity index (χ2n) is 4.91. The number of aromatic nitrogens is 1. The molecule has 1 heterocycles. The number of carboxylic acid groups (broad SMARTS) is 1. The van der Waals surface area contributed by atoms with Gasteiger partial charge in [0.15, 0.2) is 0 Å².